The van der Waals surface area contributed by atoms with Crippen LogP contribution in [0.2, 0.25) is 0 Å². The number of carbonyl (C=O) groups is 1. The van der Waals surface area contributed by atoms with Crippen molar-refractivity contribution < 1.29 is 14.1 Å². The SMILES string of the molecule is C[S@@](=O)c1ccc([C@@H](CC(=O)O)c2ccccc2)cc1. The predicted octanol–water partition coefficient (Wildman–Crippen LogP) is 3.03. The first-order valence-electron chi connectivity index (χ1n) is 6.28. The highest BCUT2D eigenvalue weighted by molar-refractivity contribution is 7.84. The summed E-state index contributed by atoms with van der Waals surface area (Å²) < 4.78 is 11.4. The maximum Gasteiger partial charge on any atom is 0.304 e. The largest absolute Gasteiger partial charge is 0.481 e. The lowest BCUT2D eigenvalue weighted by atomic mass is 9.89. The minimum absolute atomic E-state index is 0.0403. The molecule has 3 nitrogen and oxygen atoms in total. The van der Waals surface area contributed by atoms with Gasteiger partial charge >= 0.3 is 5.97 Å². The van der Waals surface area contributed by atoms with Crippen LogP contribution in [0.25, 0.3) is 0 Å². The molecule has 0 aliphatic carbocycles. The molecule has 0 aliphatic heterocycles. The molecule has 0 radical (unpaired) electrons. The number of hydrogen-bond donors (Lipinski definition) is 1. The van der Waals surface area contributed by atoms with Crippen LogP contribution in [-0.2, 0) is 15.6 Å². The average molecular weight is 288 g/mol. The van der Waals surface area contributed by atoms with E-state index in [2.05, 4.69) is 0 Å². The Labute approximate surface area is 120 Å². The first-order valence-corrected chi connectivity index (χ1v) is 7.84. The number of benzene rings is 2. The van der Waals surface area contributed by atoms with Gasteiger partial charge in [0.2, 0.25) is 0 Å². The maximum atomic E-state index is 11.4. The summed E-state index contributed by atoms with van der Waals surface area (Å²) in [5.41, 5.74) is 1.90. The van der Waals surface area contributed by atoms with E-state index in [0.717, 1.165) is 16.0 Å². The normalized spacial score (nSPS) is 13.7. The second kappa shape index (κ2) is 6.48. The Balaban J connectivity index is 2.36. The molecule has 2 aromatic carbocycles. The molecule has 20 heavy (non-hydrogen) atoms. The Bertz CT molecular complexity index is 605. The highest BCUT2D eigenvalue weighted by Gasteiger charge is 2.17. The summed E-state index contributed by atoms with van der Waals surface area (Å²) in [4.78, 5) is 11.8. The lowest BCUT2D eigenvalue weighted by molar-refractivity contribution is -0.137. The van der Waals surface area contributed by atoms with Crippen LogP contribution < -0.4 is 0 Å². The fourth-order valence-corrected chi connectivity index (χ4v) is 2.70. The summed E-state index contributed by atoms with van der Waals surface area (Å²) in [6, 6.07) is 16.9. The summed E-state index contributed by atoms with van der Waals surface area (Å²) in [6.07, 6.45) is 1.67. The summed E-state index contributed by atoms with van der Waals surface area (Å²) in [5.74, 6) is -1.02. The fraction of sp³-hybridized carbons (Fsp3) is 0.188. The Morgan fingerprint density at radius 3 is 2.10 bits per heavy atom. The monoisotopic (exact) mass is 288 g/mol. The zero-order valence-electron chi connectivity index (χ0n) is 11.2. The van der Waals surface area contributed by atoms with Gasteiger partial charge in [0.15, 0.2) is 0 Å². The third-order valence-electron chi connectivity index (χ3n) is 3.20. The molecule has 0 saturated heterocycles. The Morgan fingerprint density at radius 1 is 1.05 bits per heavy atom. The summed E-state index contributed by atoms with van der Waals surface area (Å²) in [5, 5.41) is 9.10. The Kier molecular flexibility index (Phi) is 4.69. The second-order valence-corrected chi connectivity index (χ2v) is 5.96. The van der Waals surface area contributed by atoms with Crippen LogP contribution in [0.3, 0.4) is 0 Å². The van der Waals surface area contributed by atoms with Gasteiger partial charge in [-0.1, -0.05) is 42.5 Å². The van der Waals surface area contributed by atoms with Gasteiger partial charge in [-0.15, -0.1) is 0 Å². The minimum atomic E-state index is -1.02. The van der Waals surface area contributed by atoms with E-state index < -0.39 is 16.8 Å². The molecule has 104 valence electrons. The van der Waals surface area contributed by atoms with Crippen LogP contribution in [0.5, 0.6) is 0 Å². The van der Waals surface area contributed by atoms with Gasteiger partial charge in [-0.25, -0.2) is 0 Å². The van der Waals surface area contributed by atoms with Gasteiger partial charge in [0.1, 0.15) is 0 Å². The first-order chi connectivity index (χ1) is 9.58. The van der Waals surface area contributed by atoms with E-state index in [1.165, 1.54) is 0 Å². The standard InChI is InChI=1S/C16H16O3S/c1-20(19)14-9-7-13(8-10-14)15(11-16(17)18)12-5-3-2-4-6-12/h2-10,15H,11H2,1H3,(H,17,18)/t15-,20+/m0/s1. The predicted molar refractivity (Wildman–Crippen MR) is 79.3 cm³/mol. The molecule has 0 spiro atoms. The molecule has 2 rings (SSSR count). The van der Waals surface area contributed by atoms with Gasteiger partial charge in [0.05, 0.1) is 6.42 Å². The van der Waals surface area contributed by atoms with Crippen molar-refractivity contribution in [1.29, 1.82) is 0 Å². The third-order valence-corrected chi connectivity index (χ3v) is 4.13. The highest BCUT2D eigenvalue weighted by Crippen LogP contribution is 2.28. The molecule has 0 fully saturated rings. The fourth-order valence-electron chi connectivity index (χ4n) is 2.18. The van der Waals surface area contributed by atoms with E-state index in [1.807, 2.05) is 42.5 Å². The van der Waals surface area contributed by atoms with E-state index in [9.17, 15) is 9.00 Å². The van der Waals surface area contributed by atoms with Crippen LogP contribution in [-0.4, -0.2) is 21.5 Å². The first kappa shape index (κ1) is 14.5. The average Bonchev–Trinajstić information content (AvgIpc) is 2.45. The van der Waals surface area contributed by atoms with E-state index in [1.54, 1.807) is 18.4 Å². The van der Waals surface area contributed by atoms with Gasteiger partial charge in [-0.2, -0.15) is 0 Å². The van der Waals surface area contributed by atoms with Gasteiger partial charge in [-0.3, -0.25) is 9.00 Å². The van der Waals surface area contributed by atoms with Crippen LogP contribution in [0, 0.1) is 0 Å². The molecular formula is C16H16O3S. The third kappa shape index (κ3) is 3.54. The van der Waals surface area contributed by atoms with Crippen molar-refractivity contribution in [2.75, 3.05) is 6.26 Å². The van der Waals surface area contributed by atoms with Gasteiger partial charge < -0.3 is 5.11 Å². The molecule has 0 bridgehead atoms. The van der Waals surface area contributed by atoms with Crippen LogP contribution in [0.4, 0.5) is 0 Å². The van der Waals surface area contributed by atoms with Crippen LogP contribution in [0.15, 0.2) is 59.5 Å². The smallest absolute Gasteiger partial charge is 0.304 e. The van der Waals surface area contributed by atoms with Crippen LogP contribution >= 0.6 is 0 Å². The van der Waals surface area contributed by atoms with Crippen molar-refractivity contribution in [1.82, 2.24) is 0 Å². The Morgan fingerprint density at radius 2 is 1.60 bits per heavy atom. The van der Waals surface area contributed by atoms with E-state index >= 15 is 0 Å². The summed E-state index contributed by atoms with van der Waals surface area (Å²) in [7, 11) is -1.02. The number of carboxylic acids is 1. The van der Waals surface area contributed by atoms with E-state index in [4.69, 9.17) is 5.11 Å². The number of carboxylic acid groups (broad SMARTS) is 1. The lowest BCUT2D eigenvalue weighted by Gasteiger charge is -2.16. The van der Waals surface area contributed by atoms with Gasteiger partial charge in [0.25, 0.3) is 0 Å². The molecule has 0 amide bonds. The Hall–Kier alpha value is -1.94. The summed E-state index contributed by atoms with van der Waals surface area (Å²) in [6.45, 7) is 0. The highest BCUT2D eigenvalue weighted by atomic mass is 32.2. The molecule has 4 heteroatoms. The topological polar surface area (TPSA) is 54.4 Å². The number of rotatable bonds is 5. The quantitative estimate of drug-likeness (QED) is 0.920. The van der Waals surface area contributed by atoms with E-state index in [0.29, 0.717) is 0 Å². The number of aliphatic carboxylic acids is 1. The zero-order chi connectivity index (χ0) is 14.5. The zero-order valence-corrected chi connectivity index (χ0v) is 12.0. The van der Waals surface area contributed by atoms with Gasteiger partial charge in [0, 0.05) is 27.9 Å². The van der Waals surface area contributed by atoms with Crippen molar-refractivity contribution in [3.63, 3.8) is 0 Å². The molecular weight excluding hydrogens is 272 g/mol. The number of hydrogen-bond acceptors (Lipinski definition) is 2. The molecule has 0 unspecified atom stereocenters. The molecule has 0 aromatic heterocycles. The van der Waals surface area contributed by atoms with Crippen molar-refractivity contribution in [3.8, 4) is 0 Å². The molecule has 0 aliphatic rings. The van der Waals surface area contributed by atoms with Crippen molar-refractivity contribution in [2.24, 2.45) is 0 Å². The molecule has 2 atom stereocenters. The maximum absolute atomic E-state index is 11.4. The second-order valence-electron chi connectivity index (χ2n) is 4.58. The van der Waals surface area contributed by atoms with Crippen molar-refractivity contribution in [3.05, 3.63) is 65.7 Å². The minimum Gasteiger partial charge on any atom is -0.481 e. The molecule has 0 saturated carbocycles. The van der Waals surface area contributed by atoms with Gasteiger partial charge in [-0.05, 0) is 23.3 Å². The van der Waals surface area contributed by atoms with Crippen LogP contribution in [0.1, 0.15) is 23.5 Å². The van der Waals surface area contributed by atoms with E-state index in [-0.39, 0.29) is 12.3 Å². The van der Waals surface area contributed by atoms with Crippen molar-refractivity contribution in [2.45, 2.75) is 17.2 Å². The lowest BCUT2D eigenvalue weighted by Crippen LogP contribution is -2.08. The summed E-state index contributed by atoms with van der Waals surface area (Å²) >= 11 is 0. The molecule has 1 N–H and O–H groups in total. The molecule has 2 aromatic rings. The molecule has 0 heterocycles. The van der Waals surface area contributed by atoms with Crippen molar-refractivity contribution >= 4 is 16.8 Å².